The third-order valence-corrected chi connectivity index (χ3v) is 5.85. The van der Waals surface area contributed by atoms with Crippen molar-refractivity contribution in [1.29, 1.82) is 0 Å². The Kier molecular flexibility index (Phi) is 7.02. The van der Waals surface area contributed by atoms with E-state index in [1.54, 1.807) is 12.1 Å². The van der Waals surface area contributed by atoms with Crippen molar-refractivity contribution in [2.24, 2.45) is 4.99 Å². The second kappa shape index (κ2) is 9.69. The van der Waals surface area contributed by atoms with Crippen LogP contribution in [0.2, 0.25) is 0 Å². The van der Waals surface area contributed by atoms with Gasteiger partial charge in [-0.25, -0.2) is 0 Å². The Hall–Kier alpha value is -2.97. The molecule has 2 aromatic heterocycles. The SMILES string of the molecule is Cc1sc(=NC(=O)c2ccco2)n(Cc2ccccc2C(=O)NCCN(C)C)c1C. The highest BCUT2D eigenvalue weighted by atomic mass is 32.1. The van der Waals surface area contributed by atoms with Crippen LogP contribution in [-0.2, 0) is 6.54 Å². The van der Waals surface area contributed by atoms with Crippen molar-refractivity contribution >= 4 is 23.2 Å². The van der Waals surface area contributed by atoms with Crippen LogP contribution in [-0.4, -0.2) is 48.5 Å². The number of aryl methyl sites for hydroxylation is 1. The maximum Gasteiger partial charge on any atom is 0.315 e. The minimum absolute atomic E-state index is 0.109. The first-order chi connectivity index (χ1) is 14.4. The van der Waals surface area contributed by atoms with Gasteiger partial charge in [0.15, 0.2) is 10.6 Å². The number of nitrogens with one attached hydrogen (secondary N) is 1. The highest BCUT2D eigenvalue weighted by molar-refractivity contribution is 7.09. The van der Waals surface area contributed by atoms with Crippen LogP contribution in [0.1, 0.15) is 37.0 Å². The van der Waals surface area contributed by atoms with Crippen molar-refractivity contribution in [1.82, 2.24) is 14.8 Å². The first-order valence-electron chi connectivity index (χ1n) is 9.67. The van der Waals surface area contributed by atoms with Gasteiger partial charge in [0.05, 0.1) is 12.8 Å². The summed E-state index contributed by atoms with van der Waals surface area (Å²) in [7, 11) is 3.93. The number of nitrogens with zero attached hydrogens (tertiary/aromatic N) is 3. The Balaban J connectivity index is 1.90. The summed E-state index contributed by atoms with van der Waals surface area (Å²) in [6, 6.07) is 10.8. The number of furan rings is 1. The van der Waals surface area contributed by atoms with Crippen LogP contribution < -0.4 is 10.1 Å². The quantitative estimate of drug-likeness (QED) is 0.630. The van der Waals surface area contributed by atoms with Gasteiger partial charge in [-0.3, -0.25) is 9.59 Å². The summed E-state index contributed by atoms with van der Waals surface area (Å²) in [5, 5.41) is 2.96. The summed E-state index contributed by atoms with van der Waals surface area (Å²) < 4.78 is 7.13. The summed E-state index contributed by atoms with van der Waals surface area (Å²) >= 11 is 1.44. The molecule has 0 radical (unpaired) electrons. The molecule has 0 spiro atoms. The van der Waals surface area contributed by atoms with Gasteiger partial charge >= 0.3 is 5.91 Å². The van der Waals surface area contributed by atoms with Crippen LogP contribution in [0.4, 0.5) is 0 Å². The first-order valence-corrected chi connectivity index (χ1v) is 10.5. The molecule has 158 valence electrons. The number of amides is 2. The smallest absolute Gasteiger partial charge is 0.315 e. The Morgan fingerprint density at radius 1 is 1.17 bits per heavy atom. The van der Waals surface area contributed by atoms with E-state index in [2.05, 4.69) is 10.3 Å². The van der Waals surface area contributed by atoms with Gasteiger partial charge in [-0.2, -0.15) is 4.99 Å². The average molecular weight is 427 g/mol. The fraction of sp³-hybridized carbons (Fsp3) is 0.318. The maximum atomic E-state index is 12.7. The molecule has 0 fully saturated rings. The minimum atomic E-state index is -0.426. The molecule has 2 amide bonds. The van der Waals surface area contributed by atoms with Gasteiger partial charge in [0.25, 0.3) is 5.91 Å². The fourth-order valence-electron chi connectivity index (χ4n) is 2.95. The molecule has 1 N–H and O–H groups in total. The van der Waals surface area contributed by atoms with Crippen molar-refractivity contribution in [3.63, 3.8) is 0 Å². The normalized spacial score (nSPS) is 11.8. The number of aromatic nitrogens is 1. The molecule has 3 aromatic rings. The zero-order valence-corrected chi connectivity index (χ0v) is 18.5. The first kappa shape index (κ1) is 21.7. The lowest BCUT2D eigenvalue weighted by atomic mass is 10.1. The molecule has 8 heteroatoms. The molecule has 0 aliphatic rings. The molecular formula is C22H26N4O3S. The Morgan fingerprint density at radius 2 is 1.93 bits per heavy atom. The van der Waals surface area contributed by atoms with Gasteiger partial charge in [0.1, 0.15) is 0 Å². The molecule has 0 unspecified atom stereocenters. The summed E-state index contributed by atoms with van der Waals surface area (Å²) in [5.74, 6) is -0.335. The molecule has 2 heterocycles. The van der Waals surface area contributed by atoms with Gasteiger partial charge in [-0.15, -0.1) is 11.3 Å². The molecule has 1 aromatic carbocycles. The molecule has 7 nitrogen and oxygen atoms in total. The summed E-state index contributed by atoms with van der Waals surface area (Å²) in [5.41, 5.74) is 2.50. The van der Waals surface area contributed by atoms with Gasteiger partial charge in [0.2, 0.25) is 0 Å². The second-order valence-corrected chi connectivity index (χ2v) is 8.40. The summed E-state index contributed by atoms with van der Waals surface area (Å²) in [4.78, 5) is 33.1. The van der Waals surface area contributed by atoms with E-state index in [1.165, 1.54) is 17.6 Å². The van der Waals surface area contributed by atoms with Crippen molar-refractivity contribution in [3.05, 3.63) is 74.9 Å². The number of hydrogen-bond acceptors (Lipinski definition) is 5. The van der Waals surface area contributed by atoms with Crippen molar-refractivity contribution < 1.29 is 14.0 Å². The zero-order chi connectivity index (χ0) is 21.7. The zero-order valence-electron chi connectivity index (χ0n) is 17.6. The van der Waals surface area contributed by atoms with Crippen molar-refractivity contribution in [2.45, 2.75) is 20.4 Å². The largest absolute Gasteiger partial charge is 0.459 e. The lowest BCUT2D eigenvalue weighted by molar-refractivity contribution is 0.0946. The van der Waals surface area contributed by atoms with E-state index in [4.69, 9.17) is 4.42 Å². The number of carbonyl (C=O) groups excluding carboxylic acids is 2. The molecule has 0 aliphatic heterocycles. The predicted octanol–water partition coefficient (Wildman–Crippen LogP) is 2.84. The van der Waals surface area contributed by atoms with Crippen LogP contribution in [0.3, 0.4) is 0 Å². The van der Waals surface area contributed by atoms with Crippen LogP contribution in [0.5, 0.6) is 0 Å². The number of likely N-dealkylation sites (N-methyl/N-ethyl adjacent to an activating group) is 1. The highest BCUT2D eigenvalue weighted by Crippen LogP contribution is 2.16. The lowest BCUT2D eigenvalue weighted by Gasteiger charge is -2.14. The fourth-order valence-corrected chi connectivity index (χ4v) is 3.92. The van der Waals surface area contributed by atoms with Crippen molar-refractivity contribution in [2.75, 3.05) is 27.2 Å². The Bertz CT molecular complexity index is 1090. The van der Waals surface area contributed by atoms with E-state index < -0.39 is 5.91 Å². The molecule has 0 saturated heterocycles. The topological polar surface area (TPSA) is 79.8 Å². The maximum absolute atomic E-state index is 12.7. The third-order valence-electron chi connectivity index (χ3n) is 4.75. The third kappa shape index (κ3) is 5.14. The monoisotopic (exact) mass is 426 g/mol. The number of rotatable bonds is 7. The van der Waals surface area contributed by atoms with Crippen LogP contribution in [0.15, 0.2) is 52.1 Å². The molecule has 0 bridgehead atoms. The summed E-state index contributed by atoms with van der Waals surface area (Å²) in [6.07, 6.45) is 1.45. The van der Waals surface area contributed by atoms with Crippen molar-refractivity contribution in [3.8, 4) is 0 Å². The summed E-state index contributed by atoms with van der Waals surface area (Å²) in [6.45, 7) is 5.76. The van der Waals surface area contributed by atoms with Gasteiger partial charge < -0.3 is 19.2 Å². The Labute approximate surface area is 179 Å². The number of thiazole rings is 1. The van der Waals surface area contributed by atoms with E-state index >= 15 is 0 Å². The van der Waals surface area contributed by atoms with Gasteiger partial charge in [-0.1, -0.05) is 18.2 Å². The standard InChI is InChI=1S/C22H26N4O3S/c1-15-16(2)30-22(24-21(28)19-10-7-13-29-19)26(15)14-17-8-5-6-9-18(17)20(27)23-11-12-25(3)4/h5-10,13H,11-12,14H2,1-4H3,(H,23,27). The molecule has 3 rings (SSSR count). The minimum Gasteiger partial charge on any atom is -0.459 e. The number of benzene rings is 1. The average Bonchev–Trinajstić information content (AvgIpc) is 3.33. The number of carbonyl (C=O) groups is 2. The second-order valence-electron chi connectivity index (χ2n) is 7.22. The van der Waals surface area contributed by atoms with Gasteiger partial charge in [0, 0.05) is 29.2 Å². The van der Waals surface area contributed by atoms with Crippen LogP contribution in [0, 0.1) is 13.8 Å². The molecule has 30 heavy (non-hydrogen) atoms. The van der Waals surface area contributed by atoms with Crippen LogP contribution >= 0.6 is 11.3 Å². The molecule has 0 aliphatic carbocycles. The van der Waals surface area contributed by atoms with E-state index in [-0.39, 0.29) is 11.7 Å². The highest BCUT2D eigenvalue weighted by Gasteiger charge is 2.15. The number of hydrogen-bond donors (Lipinski definition) is 1. The van der Waals surface area contributed by atoms with Crippen LogP contribution in [0.25, 0.3) is 0 Å². The molecular weight excluding hydrogens is 400 g/mol. The van der Waals surface area contributed by atoms with Gasteiger partial charge in [-0.05, 0) is 51.7 Å². The van der Waals surface area contributed by atoms with E-state index in [0.29, 0.717) is 23.5 Å². The predicted molar refractivity (Wildman–Crippen MR) is 117 cm³/mol. The van der Waals surface area contributed by atoms with E-state index in [0.717, 1.165) is 22.7 Å². The molecule has 0 saturated carbocycles. The Morgan fingerprint density at radius 3 is 2.63 bits per heavy atom. The molecule has 0 atom stereocenters. The van der Waals surface area contributed by atoms with E-state index in [9.17, 15) is 9.59 Å². The lowest BCUT2D eigenvalue weighted by Crippen LogP contribution is -2.32. The van der Waals surface area contributed by atoms with E-state index in [1.807, 2.05) is 61.7 Å².